The lowest BCUT2D eigenvalue weighted by atomic mass is 10.0. The minimum absolute atomic E-state index is 0.171. The summed E-state index contributed by atoms with van der Waals surface area (Å²) in [5, 5.41) is 3.79. The highest BCUT2D eigenvalue weighted by molar-refractivity contribution is 9.10. The average molecular weight is 390 g/mol. The summed E-state index contributed by atoms with van der Waals surface area (Å²) in [6.07, 6.45) is 2.15. The van der Waals surface area contributed by atoms with Gasteiger partial charge in [0, 0.05) is 23.8 Å². The number of amides is 1. The molecule has 0 radical (unpaired) electrons. The first-order valence-corrected chi connectivity index (χ1v) is 8.42. The molecule has 0 bridgehead atoms. The molecule has 1 amide bonds. The van der Waals surface area contributed by atoms with Crippen LogP contribution in [0.4, 0.5) is 4.39 Å². The number of nitrogens with zero attached hydrogens (tertiary/aromatic N) is 1. The normalized spacial score (nSPS) is 11.0. The van der Waals surface area contributed by atoms with Gasteiger partial charge < -0.3 is 10.3 Å². The highest BCUT2D eigenvalue weighted by Crippen LogP contribution is 2.27. The molecule has 0 aliphatic heterocycles. The third-order valence-corrected chi connectivity index (χ3v) is 4.55. The lowest BCUT2D eigenvalue weighted by Crippen LogP contribution is -2.25. The van der Waals surface area contributed by atoms with E-state index in [-0.39, 0.29) is 11.7 Å². The highest BCUT2D eigenvalue weighted by atomic mass is 79.9. The fraction of sp³-hybridized carbons (Fsp3) is 0.222. The summed E-state index contributed by atoms with van der Waals surface area (Å²) < 4.78 is 14.6. The molecule has 2 heterocycles. The van der Waals surface area contributed by atoms with Crippen molar-refractivity contribution in [1.82, 2.24) is 15.3 Å². The summed E-state index contributed by atoms with van der Waals surface area (Å²) in [4.78, 5) is 19.3. The van der Waals surface area contributed by atoms with Crippen molar-refractivity contribution in [3.05, 3.63) is 63.3 Å². The van der Waals surface area contributed by atoms with Crippen LogP contribution in [-0.2, 0) is 6.42 Å². The Bertz CT molecular complexity index is 903. The first-order valence-electron chi connectivity index (χ1n) is 7.63. The van der Waals surface area contributed by atoms with Crippen molar-refractivity contribution in [3.8, 4) is 0 Å². The van der Waals surface area contributed by atoms with Crippen LogP contribution in [0.5, 0.6) is 0 Å². The SMILES string of the molecule is Cc1[nH]c2c(F)ccc(C)c2c1CCNC(=O)c1ccc(Br)nc1. The number of pyridine rings is 1. The van der Waals surface area contributed by atoms with Gasteiger partial charge in [0.1, 0.15) is 10.4 Å². The zero-order valence-corrected chi connectivity index (χ0v) is 15.0. The molecule has 4 nitrogen and oxygen atoms in total. The fourth-order valence-corrected chi connectivity index (χ4v) is 3.10. The van der Waals surface area contributed by atoms with Crippen molar-refractivity contribution in [1.29, 1.82) is 0 Å². The maximum Gasteiger partial charge on any atom is 0.252 e. The predicted molar refractivity (Wildman–Crippen MR) is 95.7 cm³/mol. The molecule has 0 aliphatic rings. The van der Waals surface area contributed by atoms with Crippen LogP contribution in [0, 0.1) is 19.7 Å². The topological polar surface area (TPSA) is 57.8 Å². The summed E-state index contributed by atoms with van der Waals surface area (Å²) in [5.74, 6) is -0.426. The molecule has 0 spiro atoms. The summed E-state index contributed by atoms with van der Waals surface area (Å²) in [6, 6.07) is 6.69. The van der Waals surface area contributed by atoms with E-state index in [2.05, 4.69) is 31.2 Å². The lowest BCUT2D eigenvalue weighted by molar-refractivity contribution is 0.0953. The second-order valence-corrected chi connectivity index (χ2v) is 6.53. The van der Waals surface area contributed by atoms with E-state index in [0.29, 0.717) is 28.6 Å². The van der Waals surface area contributed by atoms with E-state index >= 15 is 0 Å². The third kappa shape index (κ3) is 3.19. The van der Waals surface area contributed by atoms with Crippen LogP contribution >= 0.6 is 15.9 Å². The van der Waals surface area contributed by atoms with E-state index in [4.69, 9.17) is 0 Å². The third-order valence-electron chi connectivity index (χ3n) is 4.08. The maximum atomic E-state index is 14.0. The molecule has 2 aromatic heterocycles. The smallest absolute Gasteiger partial charge is 0.252 e. The number of benzene rings is 1. The molecular formula is C18H17BrFN3O. The summed E-state index contributed by atoms with van der Waals surface area (Å²) in [7, 11) is 0. The minimum Gasteiger partial charge on any atom is -0.356 e. The molecule has 2 N–H and O–H groups in total. The molecule has 0 fully saturated rings. The van der Waals surface area contributed by atoms with Gasteiger partial charge in [0.05, 0.1) is 11.1 Å². The second-order valence-electron chi connectivity index (χ2n) is 5.72. The Morgan fingerprint density at radius 2 is 2.08 bits per heavy atom. The van der Waals surface area contributed by atoms with E-state index in [1.54, 1.807) is 18.2 Å². The Kier molecular flexibility index (Phi) is 4.66. The van der Waals surface area contributed by atoms with E-state index in [9.17, 15) is 9.18 Å². The van der Waals surface area contributed by atoms with Gasteiger partial charge in [-0.1, -0.05) is 6.07 Å². The number of fused-ring (bicyclic) bond motifs is 1. The minimum atomic E-state index is -0.255. The molecule has 0 atom stereocenters. The first-order chi connectivity index (χ1) is 11.5. The van der Waals surface area contributed by atoms with Gasteiger partial charge in [-0.25, -0.2) is 9.37 Å². The Morgan fingerprint density at radius 3 is 2.79 bits per heavy atom. The van der Waals surface area contributed by atoms with Crippen molar-refractivity contribution >= 4 is 32.7 Å². The zero-order valence-electron chi connectivity index (χ0n) is 13.4. The van der Waals surface area contributed by atoms with Crippen molar-refractivity contribution in [3.63, 3.8) is 0 Å². The van der Waals surface area contributed by atoms with Crippen molar-refractivity contribution in [2.45, 2.75) is 20.3 Å². The van der Waals surface area contributed by atoms with Crippen LogP contribution in [0.2, 0.25) is 0 Å². The van der Waals surface area contributed by atoms with Crippen LogP contribution in [-0.4, -0.2) is 22.4 Å². The number of aromatic amines is 1. The molecule has 0 saturated heterocycles. The number of H-pyrrole nitrogens is 1. The molecule has 24 heavy (non-hydrogen) atoms. The van der Waals surface area contributed by atoms with Gasteiger partial charge in [0.25, 0.3) is 5.91 Å². The molecule has 0 saturated carbocycles. The van der Waals surface area contributed by atoms with Crippen molar-refractivity contribution < 1.29 is 9.18 Å². The van der Waals surface area contributed by atoms with Crippen LogP contribution in [0.25, 0.3) is 10.9 Å². The largest absolute Gasteiger partial charge is 0.356 e. The zero-order chi connectivity index (χ0) is 17.3. The molecule has 0 aliphatic carbocycles. The van der Waals surface area contributed by atoms with Gasteiger partial charge in [0.15, 0.2) is 0 Å². The Morgan fingerprint density at radius 1 is 1.29 bits per heavy atom. The first kappa shape index (κ1) is 16.6. The van der Waals surface area contributed by atoms with E-state index in [1.807, 2.05) is 13.8 Å². The lowest BCUT2D eigenvalue weighted by Gasteiger charge is -2.07. The number of hydrogen-bond donors (Lipinski definition) is 2. The Labute approximate surface area is 147 Å². The maximum absolute atomic E-state index is 14.0. The number of rotatable bonds is 4. The monoisotopic (exact) mass is 389 g/mol. The van der Waals surface area contributed by atoms with Gasteiger partial charge in [-0.3, -0.25) is 4.79 Å². The summed E-state index contributed by atoms with van der Waals surface area (Å²) in [5.41, 5.74) is 4.03. The molecule has 124 valence electrons. The summed E-state index contributed by atoms with van der Waals surface area (Å²) in [6.45, 7) is 4.36. The van der Waals surface area contributed by atoms with Crippen LogP contribution < -0.4 is 5.32 Å². The van der Waals surface area contributed by atoms with E-state index in [0.717, 1.165) is 22.2 Å². The molecule has 1 aromatic carbocycles. The second kappa shape index (κ2) is 6.73. The molecular weight excluding hydrogens is 373 g/mol. The number of hydrogen-bond acceptors (Lipinski definition) is 2. The quantitative estimate of drug-likeness (QED) is 0.661. The standard InChI is InChI=1S/C18H17BrFN3O/c1-10-3-5-14(20)17-16(10)13(11(2)23-17)7-8-21-18(24)12-4-6-15(19)22-9-12/h3-6,9,23H,7-8H2,1-2H3,(H,21,24). The van der Waals surface area contributed by atoms with Gasteiger partial charge in [0.2, 0.25) is 0 Å². The van der Waals surface area contributed by atoms with Crippen LogP contribution in [0.15, 0.2) is 35.1 Å². The van der Waals surface area contributed by atoms with Crippen LogP contribution in [0.1, 0.15) is 27.2 Å². The van der Waals surface area contributed by atoms with Gasteiger partial charge in [-0.2, -0.15) is 0 Å². The predicted octanol–water partition coefficient (Wildman–Crippen LogP) is 4.05. The number of nitrogens with one attached hydrogen (secondary N) is 2. The van der Waals surface area contributed by atoms with E-state index < -0.39 is 0 Å². The average Bonchev–Trinajstić information content (AvgIpc) is 2.90. The Hall–Kier alpha value is -2.21. The van der Waals surface area contributed by atoms with Gasteiger partial charge in [-0.15, -0.1) is 0 Å². The Balaban J connectivity index is 1.74. The van der Waals surface area contributed by atoms with Crippen molar-refractivity contribution in [2.24, 2.45) is 0 Å². The number of carbonyl (C=O) groups is 1. The van der Waals surface area contributed by atoms with Gasteiger partial charge in [-0.05, 0) is 65.5 Å². The van der Waals surface area contributed by atoms with Crippen LogP contribution in [0.3, 0.4) is 0 Å². The molecule has 3 aromatic rings. The number of aromatic nitrogens is 2. The number of carbonyl (C=O) groups excluding carboxylic acids is 1. The van der Waals surface area contributed by atoms with Gasteiger partial charge >= 0.3 is 0 Å². The van der Waals surface area contributed by atoms with Crippen molar-refractivity contribution in [2.75, 3.05) is 6.54 Å². The fourth-order valence-electron chi connectivity index (χ4n) is 2.87. The molecule has 0 unspecified atom stereocenters. The highest BCUT2D eigenvalue weighted by Gasteiger charge is 2.14. The van der Waals surface area contributed by atoms with E-state index in [1.165, 1.54) is 12.3 Å². The summed E-state index contributed by atoms with van der Waals surface area (Å²) >= 11 is 3.24. The molecule has 6 heteroatoms. The number of aryl methyl sites for hydroxylation is 2. The number of halogens is 2. The molecule has 3 rings (SSSR count).